The lowest BCUT2D eigenvalue weighted by Gasteiger charge is -2.25. The van der Waals surface area contributed by atoms with E-state index in [1.54, 1.807) is 5.56 Å². The molecular formula is C16H22N2. The number of nitrogens with zero attached hydrogens (tertiary/aromatic N) is 1. The molecule has 2 nitrogen and oxygen atoms in total. The van der Waals surface area contributed by atoms with E-state index >= 15 is 0 Å². The smallest absolute Gasteiger partial charge is 0.0376 e. The van der Waals surface area contributed by atoms with Crippen molar-refractivity contribution in [3.05, 3.63) is 29.8 Å². The highest BCUT2D eigenvalue weighted by atomic mass is 15.2. The topological polar surface area (TPSA) is 15.3 Å². The zero-order valence-electron chi connectivity index (χ0n) is 10.9. The van der Waals surface area contributed by atoms with Crippen molar-refractivity contribution in [1.29, 1.82) is 0 Å². The van der Waals surface area contributed by atoms with Crippen molar-refractivity contribution in [2.45, 2.75) is 37.6 Å². The zero-order valence-corrected chi connectivity index (χ0v) is 10.9. The van der Waals surface area contributed by atoms with Crippen molar-refractivity contribution in [2.75, 3.05) is 25.0 Å². The molecule has 0 amide bonds. The number of benzene rings is 1. The molecule has 2 fully saturated rings. The molecule has 0 spiro atoms. The van der Waals surface area contributed by atoms with E-state index in [1.807, 2.05) is 0 Å². The Hall–Kier alpha value is -1.02. The minimum absolute atomic E-state index is 0.709. The molecule has 0 aromatic heterocycles. The van der Waals surface area contributed by atoms with Crippen LogP contribution < -0.4 is 5.32 Å². The number of rotatable bonds is 5. The molecule has 1 N–H and O–H groups in total. The Balaban J connectivity index is 1.46. The summed E-state index contributed by atoms with van der Waals surface area (Å²) in [6.45, 7) is 3.77. The second-order valence-electron chi connectivity index (χ2n) is 6.29. The fourth-order valence-corrected chi connectivity index (χ4v) is 3.25. The summed E-state index contributed by atoms with van der Waals surface area (Å²) >= 11 is 0. The van der Waals surface area contributed by atoms with Gasteiger partial charge in [-0.25, -0.2) is 0 Å². The van der Waals surface area contributed by atoms with E-state index in [0.29, 0.717) is 5.92 Å². The van der Waals surface area contributed by atoms with Crippen LogP contribution in [0.1, 0.15) is 37.2 Å². The fourth-order valence-electron chi connectivity index (χ4n) is 3.25. The third-order valence-corrected chi connectivity index (χ3v) is 4.65. The second kappa shape index (κ2) is 4.27. The molecule has 2 aliphatic carbocycles. The summed E-state index contributed by atoms with van der Waals surface area (Å²) in [6.07, 6.45) is 5.83. The molecule has 0 saturated heterocycles. The SMILES string of the molecule is c1ccc2c(c1)NCC2CN(CC1CC1)C1CC1. The lowest BCUT2D eigenvalue weighted by molar-refractivity contribution is 0.240. The van der Waals surface area contributed by atoms with Crippen LogP contribution in [0.15, 0.2) is 24.3 Å². The van der Waals surface area contributed by atoms with Crippen LogP contribution in [0.5, 0.6) is 0 Å². The number of fused-ring (bicyclic) bond motifs is 1. The first-order valence-corrected chi connectivity index (χ1v) is 7.47. The fraction of sp³-hybridized carbons (Fsp3) is 0.625. The third-order valence-electron chi connectivity index (χ3n) is 4.65. The Kier molecular flexibility index (Phi) is 2.58. The summed E-state index contributed by atoms with van der Waals surface area (Å²) in [6, 6.07) is 9.76. The predicted octanol–water partition coefficient (Wildman–Crippen LogP) is 3.07. The van der Waals surface area contributed by atoms with E-state index in [4.69, 9.17) is 0 Å². The maximum absolute atomic E-state index is 3.56. The predicted molar refractivity (Wildman–Crippen MR) is 75.0 cm³/mol. The Morgan fingerprint density at radius 1 is 1.06 bits per heavy atom. The lowest BCUT2D eigenvalue weighted by Crippen LogP contribution is -2.33. The standard InChI is InChI=1S/C16H22N2/c1-2-4-16-15(3-1)13(9-17-16)11-18(14-7-8-14)10-12-5-6-12/h1-4,12-14,17H,5-11H2. The van der Waals surface area contributed by atoms with Crippen molar-refractivity contribution < 1.29 is 0 Å². The maximum Gasteiger partial charge on any atom is 0.0376 e. The minimum atomic E-state index is 0.709. The summed E-state index contributed by atoms with van der Waals surface area (Å²) < 4.78 is 0. The molecule has 1 aromatic rings. The molecular weight excluding hydrogens is 220 g/mol. The molecule has 18 heavy (non-hydrogen) atoms. The molecule has 4 rings (SSSR count). The molecule has 2 heteroatoms. The zero-order chi connectivity index (χ0) is 11.9. The summed E-state index contributed by atoms with van der Waals surface area (Å²) in [5.41, 5.74) is 2.91. The maximum atomic E-state index is 3.56. The molecule has 1 atom stereocenters. The second-order valence-corrected chi connectivity index (χ2v) is 6.29. The van der Waals surface area contributed by atoms with Crippen molar-refractivity contribution in [3.8, 4) is 0 Å². The van der Waals surface area contributed by atoms with Gasteiger partial charge in [0.05, 0.1) is 0 Å². The third kappa shape index (κ3) is 2.14. The highest BCUT2D eigenvalue weighted by molar-refractivity contribution is 5.57. The number of nitrogens with one attached hydrogen (secondary N) is 1. The molecule has 1 unspecified atom stereocenters. The normalized spacial score (nSPS) is 26.2. The van der Waals surface area contributed by atoms with Crippen molar-refractivity contribution in [3.63, 3.8) is 0 Å². The molecule has 0 bridgehead atoms. The summed E-state index contributed by atoms with van der Waals surface area (Å²) in [7, 11) is 0. The van der Waals surface area contributed by atoms with Crippen LogP contribution >= 0.6 is 0 Å². The highest BCUT2D eigenvalue weighted by Crippen LogP contribution is 2.38. The van der Waals surface area contributed by atoms with E-state index in [-0.39, 0.29) is 0 Å². The van der Waals surface area contributed by atoms with Gasteiger partial charge in [0.1, 0.15) is 0 Å². The van der Waals surface area contributed by atoms with Crippen LogP contribution in [0.2, 0.25) is 0 Å². The van der Waals surface area contributed by atoms with Gasteiger partial charge in [-0.05, 0) is 43.2 Å². The van der Waals surface area contributed by atoms with E-state index in [2.05, 4.69) is 34.5 Å². The molecule has 96 valence electrons. The van der Waals surface area contributed by atoms with Crippen molar-refractivity contribution in [2.24, 2.45) is 5.92 Å². The summed E-state index contributed by atoms with van der Waals surface area (Å²) in [4.78, 5) is 2.78. The van der Waals surface area contributed by atoms with Crippen LogP contribution in [-0.4, -0.2) is 30.6 Å². The monoisotopic (exact) mass is 242 g/mol. The Bertz CT molecular complexity index is 434. The number of anilines is 1. The molecule has 0 radical (unpaired) electrons. The van der Waals surface area contributed by atoms with Crippen LogP contribution in [0.25, 0.3) is 0 Å². The largest absolute Gasteiger partial charge is 0.384 e. The molecule has 2 saturated carbocycles. The van der Waals surface area contributed by atoms with Crippen LogP contribution in [0.4, 0.5) is 5.69 Å². The van der Waals surface area contributed by atoms with Crippen LogP contribution in [0.3, 0.4) is 0 Å². The summed E-state index contributed by atoms with van der Waals surface area (Å²) in [5.74, 6) is 1.73. The van der Waals surface area contributed by atoms with Gasteiger partial charge in [-0.1, -0.05) is 18.2 Å². The molecule has 1 aliphatic heterocycles. The van der Waals surface area contributed by atoms with Crippen LogP contribution in [-0.2, 0) is 0 Å². The molecule has 1 aromatic carbocycles. The molecule has 3 aliphatic rings. The van der Waals surface area contributed by atoms with E-state index in [0.717, 1.165) is 18.5 Å². The summed E-state index contributed by atoms with van der Waals surface area (Å²) in [5, 5.41) is 3.56. The Morgan fingerprint density at radius 3 is 2.67 bits per heavy atom. The number of para-hydroxylation sites is 1. The Morgan fingerprint density at radius 2 is 1.89 bits per heavy atom. The number of hydrogen-bond donors (Lipinski definition) is 1. The average Bonchev–Trinajstić information content (AvgIpc) is 3.28. The van der Waals surface area contributed by atoms with Gasteiger partial charge in [0.15, 0.2) is 0 Å². The highest BCUT2D eigenvalue weighted by Gasteiger charge is 2.35. The van der Waals surface area contributed by atoms with Gasteiger partial charge in [-0.3, -0.25) is 4.90 Å². The van der Waals surface area contributed by atoms with Crippen LogP contribution in [0, 0.1) is 5.92 Å². The van der Waals surface area contributed by atoms with E-state index in [9.17, 15) is 0 Å². The quantitative estimate of drug-likeness (QED) is 0.853. The average molecular weight is 242 g/mol. The van der Waals surface area contributed by atoms with E-state index < -0.39 is 0 Å². The van der Waals surface area contributed by atoms with Gasteiger partial charge in [-0.2, -0.15) is 0 Å². The molecule has 1 heterocycles. The van der Waals surface area contributed by atoms with Gasteiger partial charge in [0, 0.05) is 37.3 Å². The first-order chi connectivity index (χ1) is 8.90. The Labute approximate surface area is 109 Å². The first-order valence-electron chi connectivity index (χ1n) is 7.47. The lowest BCUT2D eigenvalue weighted by atomic mass is 10.0. The van der Waals surface area contributed by atoms with Crippen molar-refractivity contribution >= 4 is 5.69 Å². The van der Waals surface area contributed by atoms with Gasteiger partial charge in [0.25, 0.3) is 0 Å². The van der Waals surface area contributed by atoms with Gasteiger partial charge < -0.3 is 5.32 Å². The van der Waals surface area contributed by atoms with Gasteiger partial charge in [0.2, 0.25) is 0 Å². The van der Waals surface area contributed by atoms with Gasteiger partial charge in [-0.15, -0.1) is 0 Å². The first kappa shape index (κ1) is 10.9. The minimum Gasteiger partial charge on any atom is -0.384 e. The number of hydrogen-bond acceptors (Lipinski definition) is 2. The van der Waals surface area contributed by atoms with Gasteiger partial charge >= 0.3 is 0 Å². The van der Waals surface area contributed by atoms with Crippen molar-refractivity contribution in [1.82, 2.24) is 4.90 Å². The van der Waals surface area contributed by atoms with E-state index in [1.165, 1.54) is 44.5 Å².